The van der Waals surface area contributed by atoms with Crippen LogP contribution in [-0.2, 0) is 14.3 Å². The summed E-state index contributed by atoms with van der Waals surface area (Å²) in [5, 5.41) is 3.99. The Hall–Kier alpha value is -3.42. The van der Waals surface area contributed by atoms with E-state index in [4.69, 9.17) is 26.1 Å². The number of nitrogens with one attached hydrogen (secondary N) is 1. The minimum Gasteiger partial charge on any atom is -0.463 e. The van der Waals surface area contributed by atoms with Crippen molar-refractivity contribution in [1.29, 1.82) is 0 Å². The van der Waals surface area contributed by atoms with Crippen molar-refractivity contribution in [2.45, 2.75) is 46.3 Å². The summed E-state index contributed by atoms with van der Waals surface area (Å²) in [7, 11) is 0. The zero-order chi connectivity index (χ0) is 26.4. The van der Waals surface area contributed by atoms with Gasteiger partial charge >= 0.3 is 5.97 Å². The van der Waals surface area contributed by atoms with Crippen molar-refractivity contribution in [3.63, 3.8) is 0 Å². The quantitative estimate of drug-likeness (QED) is 0.271. The van der Waals surface area contributed by atoms with Gasteiger partial charge in [0.15, 0.2) is 0 Å². The molecule has 1 N–H and O–H groups in total. The number of hydrogen-bond donors (Lipinski definition) is 1. The van der Waals surface area contributed by atoms with Crippen molar-refractivity contribution in [3.05, 3.63) is 70.9 Å². The van der Waals surface area contributed by atoms with Crippen LogP contribution in [0.25, 0.3) is 17.2 Å². The Labute approximate surface area is 223 Å². The summed E-state index contributed by atoms with van der Waals surface area (Å²) in [6.45, 7) is 9.70. The highest BCUT2D eigenvalue weighted by Crippen LogP contribution is 2.34. The van der Waals surface area contributed by atoms with Crippen molar-refractivity contribution in [1.82, 2.24) is 9.97 Å². The third kappa shape index (κ3) is 6.67. The van der Waals surface area contributed by atoms with Crippen LogP contribution in [0.4, 0.5) is 17.5 Å². The summed E-state index contributed by atoms with van der Waals surface area (Å²) in [6, 6.07) is 14.0. The van der Waals surface area contributed by atoms with Gasteiger partial charge in [-0.2, -0.15) is 4.98 Å². The van der Waals surface area contributed by atoms with Crippen LogP contribution in [0.3, 0.4) is 0 Å². The first-order chi connectivity index (χ1) is 17.9. The van der Waals surface area contributed by atoms with Gasteiger partial charge in [-0.05, 0) is 68.2 Å². The standard InChI is InChI=1S/C29H33ClN4O3/c1-5-24-18-37-20(4)17-34(24)28-25(22-9-7-8-21(14-22)11-13-27(35)36-6-2)16-31-29(33-28)32-23-12-10-19(3)26(30)15-23/h7-16,20,24H,5-6,17-18H2,1-4H3,(H,31,32,33). The number of aryl methyl sites for hydroxylation is 1. The summed E-state index contributed by atoms with van der Waals surface area (Å²) in [5.74, 6) is 0.965. The van der Waals surface area contributed by atoms with E-state index >= 15 is 0 Å². The van der Waals surface area contributed by atoms with E-state index in [0.717, 1.165) is 46.7 Å². The number of carbonyl (C=O) groups excluding carboxylic acids is 1. The first kappa shape index (κ1) is 26.6. The van der Waals surface area contributed by atoms with E-state index in [0.29, 0.717) is 24.2 Å². The summed E-state index contributed by atoms with van der Waals surface area (Å²) in [4.78, 5) is 23.7. The molecule has 7 nitrogen and oxygen atoms in total. The van der Waals surface area contributed by atoms with Crippen LogP contribution in [0.2, 0.25) is 5.02 Å². The first-order valence-corrected chi connectivity index (χ1v) is 13.0. The van der Waals surface area contributed by atoms with Crippen molar-refractivity contribution < 1.29 is 14.3 Å². The lowest BCUT2D eigenvalue weighted by Gasteiger charge is -2.40. The highest BCUT2D eigenvalue weighted by molar-refractivity contribution is 6.31. The molecule has 1 aliphatic rings. The third-order valence-corrected chi connectivity index (χ3v) is 6.71. The number of rotatable bonds is 8. The number of anilines is 3. The molecule has 0 aliphatic carbocycles. The molecule has 2 heterocycles. The summed E-state index contributed by atoms with van der Waals surface area (Å²) < 4.78 is 11.0. The Bertz CT molecular complexity index is 1280. The number of morpholine rings is 1. The van der Waals surface area contributed by atoms with Gasteiger partial charge < -0.3 is 19.7 Å². The molecule has 4 rings (SSSR count). The van der Waals surface area contributed by atoms with E-state index in [1.807, 2.05) is 55.6 Å². The molecule has 0 radical (unpaired) electrons. The average molecular weight is 521 g/mol. The minimum absolute atomic E-state index is 0.0803. The normalized spacial score (nSPS) is 17.7. The molecule has 0 amide bonds. The van der Waals surface area contributed by atoms with E-state index < -0.39 is 0 Å². The Morgan fingerprint density at radius 3 is 2.86 bits per heavy atom. The van der Waals surface area contributed by atoms with E-state index in [9.17, 15) is 4.79 Å². The zero-order valence-corrected chi connectivity index (χ0v) is 22.5. The SMILES string of the molecule is CCOC(=O)C=Cc1cccc(-c2cnc(Nc3ccc(C)c(Cl)c3)nc2N2CC(C)OCC2CC)c1. The van der Waals surface area contributed by atoms with Gasteiger partial charge in [0, 0.05) is 35.1 Å². The van der Waals surface area contributed by atoms with Gasteiger partial charge in [0.25, 0.3) is 0 Å². The number of hydrogen-bond acceptors (Lipinski definition) is 7. The molecule has 0 saturated carbocycles. The van der Waals surface area contributed by atoms with Crippen LogP contribution in [0.15, 0.2) is 54.7 Å². The lowest BCUT2D eigenvalue weighted by Crippen LogP contribution is -2.49. The van der Waals surface area contributed by atoms with Crippen molar-refractivity contribution in [2.24, 2.45) is 0 Å². The maximum absolute atomic E-state index is 11.8. The molecule has 0 bridgehead atoms. The fourth-order valence-corrected chi connectivity index (χ4v) is 4.44. The third-order valence-electron chi connectivity index (χ3n) is 6.30. The predicted octanol–water partition coefficient (Wildman–Crippen LogP) is 6.43. The Balaban J connectivity index is 1.74. The van der Waals surface area contributed by atoms with Crippen LogP contribution >= 0.6 is 11.6 Å². The second-order valence-corrected chi connectivity index (χ2v) is 9.50. The molecule has 37 heavy (non-hydrogen) atoms. The summed E-state index contributed by atoms with van der Waals surface area (Å²) in [5.41, 5.74) is 4.58. The summed E-state index contributed by atoms with van der Waals surface area (Å²) >= 11 is 6.33. The molecule has 1 fully saturated rings. The van der Waals surface area contributed by atoms with Gasteiger partial charge in [-0.15, -0.1) is 0 Å². The molecule has 2 unspecified atom stereocenters. The molecule has 3 aromatic rings. The number of aromatic nitrogens is 2. The number of carbonyl (C=O) groups is 1. The van der Waals surface area contributed by atoms with Gasteiger partial charge in [-0.25, -0.2) is 9.78 Å². The Morgan fingerprint density at radius 2 is 2.11 bits per heavy atom. The van der Waals surface area contributed by atoms with Crippen LogP contribution in [0.5, 0.6) is 0 Å². The van der Waals surface area contributed by atoms with Gasteiger partial charge in [0.2, 0.25) is 5.95 Å². The number of ether oxygens (including phenoxy) is 2. The largest absolute Gasteiger partial charge is 0.463 e. The van der Waals surface area contributed by atoms with E-state index in [1.165, 1.54) is 6.08 Å². The molecule has 8 heteroatoms. The van der Waals surface area contributed by atoms with Gasteiger partial charge in [0.05, 0.1) is 25.4 Å². The van der Waals surface area contributed by atoms with E-state index in [1.54, 1.807) is 13.0 Å². The van der Waals surface area contributed by atoms with Crippen molar-refractivity contribution >= 4 is 41.1 Å². The predicted molar refractivity (Wildman–Crippen MR) is 149 cm³/mol. The number of esters is 1. The second kappa shape index (κ2) is 12.2. The number of halogens is 1. The van der Waals surface area contributed by atoms with Crippen molar-refractivity contribution in [3.8, 4) is 11.1 Å². The fraction of sp³-hybridized carbons (Fsp3) is 0.345. The molecule has 1 aromatic heterocycles. The fourth-order valence-electron chi connectivity index (χ4n) is 4.26. The molecule has 2 atom stereocenters. The lowest BCUT2D eigenvalue weighted by atomic mass is 10.0. The maximum Gasteiger partial charge on any atom is 0.330 e. The second-order valence-electron chi connectivity index (χ2n) is 9.09. The number of benzene rings is 2. The lowest BCUT2D eigenvalue weighted by molar-refractivity contribution is -0.137. The monoisotopic (exact) mass is 520 g/mol. The van der Waals surface area contributed by atoms with Crippen LogP contribution in [0, 0.1) is 6.92 Å². The minimum atomic E-state index is -0.364. The van der Waals surface area contributed by atoms with E-state index in [-0.39, 0.29) is 18.1 Å². The first-order valence-electron chi connectivity index (χ1n) is 12.6. The highest BCUT2D eigenvalue weighted by Gasteiger charge is 2.29. The van der Waals surface area contributed by atoms with Crippen LogP contribution in [-0.4, -0.2) is 47.8 Å². The molecular weight excluding hydrogens is 488 g/mol. The van der Waals surface area contributed by atoms with E-state index in [2.05, 4.69) is 29.0 Å². The molecule has 2 aromatic carbocycles. The van der Waals surface area contributed by atoms with Crippen LogP contribution < -0.4 is 10.2 Å². The molecular formula is C29H33ClN4O3. The van der Waals surface area contributed by atoms with Crippen molar-refractivity contribution in [2.75, 3.05) is 30.0 Å². The maximum atomic E-state index is 11.8. The Morgan fingerprint density at radius 1 is 1.27 bits per heavy atom. The molecule has 0 spiro atoms. The molecule has 1 aliphatic heterocycles. The van der Waals surface area contributed by atoms with Gasteiger partial charge in [-0.1, -0.05) is 42.8 Å². The summed E-state index contributed by atoms with van der Waals surface area (Å²) in [6.07, 6.45) is 6.05. The zero-order valence-electron chi connectivity index (χ0n) is 21.7. The van der Waals surface area contributed by atoms with Gasteiger partial charge in [0.1, 0.15) is 5.82 Å². The molecule has 194 valence electrons. The average Bonchev–Trinajstić information content (AvgIpc) is 2.90. The topological polar surface area (TPSA) is 76.6 Å². The Kier molecular flexibility index (Phi) is 8.79. The highest BCUT2D eigenvalue weighted by atomic mass is 35.5. The van der Waals surface area contributed by atoms with Gasteiger partial charge in [-0.3, -0.25) is 0 Å². The number of nitrogens with zero attached hydrogens (tertiary/aromatic N) is 3. The van der Waals surface area contributed by atoms with Crippen LogP contribution in [0.1, 0.15) is 38.3 Å². The molecule has 1 saturated heterocycles. The smallest absolute Gasteiger partial charge is 0.330 e.